The lowest BCUT2D eigenvalue weighted by Gasteiger charge is -2.26. The van der Waals surface area contributed by atoms with E-state index < -0.39 is 10.8 Å². The molecule has 0 aromatic carbocycles. The van der Waals surface area contributed by atoms with Gasteiger partial charge in [0.15, 0.2) is 0 Å². The summed E-state index contributed by atoms with van der Waals surface area (Å²) in [5.74, 6) is 0.742. The van der Waals surface area contributed by atoms with Gasteiger partial charge in [-0.05, 0) is 0 Å². The molecule has 1 aliphatic heterocycles. The molecule has 1 saturated heterocycles. The zero-order chi connectivity index (χ0) is 9.68. The van der Waals surface area contributed by atoms with Crippen molar-refractivity contribution < 1.29 is 9.42 Å². The van der Waals surface area contributed by atoms with Crippen LogP contribution in [0.5, 0.6) is 0 Å². The van der Waals surface area contributed by atoms with E-state index >= 15 is 0 Å². The van der Waals surface area contributed by atoms with Gasteiger partial charge in [-0.15, -0.1) is 0 Å². The molecule has 0 aromatic heterocycles. The lowest BCUT2D eigenvalue weighted by atomic mass is 10.1. The van der Waals surface area contributed by atoms with Crippen molar-refractivity contribution in [2.24, 2.45) is 5.16 Å². The number of nitrogens with zero attached hydrogens (tertiary/aromatic N) is 2. The van der Waals surface area contributed by atoms with E-state index in [4.69, 9.17) is 5.21 Å². The Hall–Kier alpha value is -0.420. The van der Waals surface area contributed by atoms with Gasteiger partial charge in [0.05, 0.1) is 5.71 Å². The van der Waals surface area contributed by atoms with Gasteiger partial charge in [-0.25, -0.2) is 0 Å². The Balaban J connectivity index is 2.21. The van der Waals surface area contributed by atoms with Crippen molar-refractivity contribution in [3.63, 3.8) is 0 Å². The average molecular weight is 204 g/mol. The average Bonchev–Trinajstić information content (AvgIpc) is 2.15. The van der Waals surface area contributed by atoms with Crippen molar-refractivity contribution in [2.75, 3.05) is 31.6 Å². The van der Waals surface area contributed by atoms with E-state index in [1.54, 1.807) is 6.26 Å². The molecule has 1 unspecified atom stereocenters. The summed E-state index contributed by atoms with van der Waals surface area (Å²) in [5.41, 5.74) is 0.883. The van der Waals surface area contributed by atoms with Crippen LogP contribution in [0.4, 0.5) is 0 Å². The van der Waals surface area contributed by atoms with E-state index in [0.29, 0.717) is 0 Å². The smallest absolute Gasteiger partial charge is 0.0596 e. The highest BCUT2D eigenvalue weighted by molar-refractivity contribution is 7.84. The molecule has 1 aliphatic rings. The van der Waals surface area contributed by atoms with Crippen molar-refractivity contribution >= 4 is 16.5 Å². The third-order valence-corrected chi connectivity index (χ3v) is 3.03. The molecule has 76 valence electrons. The van der Waals surface area contributed by atoms with E-state index in [2.05, 4.69) is 10.1 Å². The third kappa shape index (κ3) is 3.87. The summed E-state index contributed by atoms with van der Waals surface area (Å²) in [6, 6.07) is 0. The molecule has 13 heavy (non-hydrogen) atoms. The molecular weight excluding hydrogens is 188 g/mol. The fourth-order valence-corrected chi connectivity index (χ4v) is 1.91. The van der Waals surface area contributed by atoms with Crippen LogP contribution >= 0.6 is 0 Å². The predicted octanol–water partition coefficient (Wildman–Crippen LogP) is 0.291. The minimum absolute atomic E-state index is 0.699. The zero-order valence-corrected chi connectivity index (χ0v) is 8.72. The largest absolute Gasteiger partial charge is 0.411 e. The molecule has 0 amide bonds. The maximum absolute atomic E-state index is 10.8. The monoisotopic (exact) mass is 204 g/mol. The van der Waals surface area contributed by atoms with Crippen molar-refractivity contribution in [1.29, 1.82) is 0 Å². The van der Waals surface area contributed by atoms with Crippen LogP contribution in [-0.4, -0.2) is 51.7 Å². The quantitative estimate of drug-likeness (QED) is 0.531. The van der Waals surface area contributed by atoms with Gasteiger partial charge >= 0.3 is 0 Å². The predicted molar refractivity (Wildman–Crippen MR) is 53.8 cm³/mol. The van der Waals surface area contributed by atoms with Crippen molar-refractivity contribution in [3.05, 3.63) is 0 Å². The first kappa shape index (κ1) is 10.7. The van der Waals surface area contributed by atoms with Gasteiger partial charge < -0.3 is 10.1 Å². The number of rotatable bonds is 3. The van der Waals surface area contributed by atoms with Crippen LogP contribution in [0.25, 0.3) is 0 Å². The molecule has 1 fully saturated rings. The molecule has 0 aromatic rings. The van der Waals surface area contributed by atoms with Gasteiger partial charge in [-0.2, -0.15) is 0 Å². The van der Waals surface area contributed by atoms with E-state index in [0.717, 1.165) is 43.9 Å². The van der Waals surface area contributed by atoms with Gasteiger partial charge in [0.25, 0.3) is 0 Å². The molecule has 1 heterocycles. The fraction of sp³-hybridized carbons (Fsp3) is 0.875. The van der Waals surface area contributed by atoms with Gasteiger partial charge in [-0.1, -0.05) is 5.16 Å². The Kier molecular flexibility index (Phi) is 4.38. The summed E-state index contributed by atoms with van der Waals surface area (Å²) in [7, 11) is -0.699. The molecule has 5 heteroatoms. The van der Waals surface area contributed by atoms with E-state index in [9.17, 15) is 4.21 Å². The Morgan fingerprint density at radius 3 is 2.62 bits per heavy atom. The molecular formula is C8H16N2O2S. The summed E-state index contributed by atoms with van der Waals surface area (Å²) in [6.07, 6.45) is 3.41. The number of hydrogen-bond acceptors (Lipinski definition) is 4. The number of piperidine rings is 1. The van der Waals surface area contributed by atoms with E-state index in [1.807, 2.05) is 0 Å². The number of hydrogen-bond donors (Lipinski definition) is 1. The summed E-state index contributed by atoms with van der Waals surface area (Å²) < 4.78 is 10.8. The third-order valence-electron chi connectivity index (χ3n) is 2.27. The first-order chi connectivity index (χ1) is 6.22. The molecule has 0 bridgehead atoms. The topological polar surface area (TPSA) is 52.9 Å². The first-order valence-electron chi connectivity index (χ1n) is 4.44. The Morgan fingerprint density at radius 1 is 1.54 bits per heavy atom. The second-order valence-electron chi connectivity index (χ2n) is 3.29. The van der Waals surface area contributed by atoms with Crippen LogP contribution in [0.2, 0.25) is 0 Å². The van der Waals surface area contributed by atoms with Crippen LogP contribution in [0.3, 0.4) is 0 Å². The normalized spacial score (nSPS) is 21.5. The van der Waals surface area contributed by atoms with Crippen molar-refractivity contribution in [3.8, 4) is 0 Å². The van der Waals surface area contributed by atoms with E-state index in [-0.39, 0.29) is 0 Å². The van der Waals surface area contributed by atoms with Crippen molar-refractivity contribution in [2.45, 2.75) is 12.8 Å². The van der Waals surface area contributed by atoms with Gasteiger partial charge in [0, 0.05) is 55.3 Å². The van der Waals surface area contributed by atoms with Crippen LogP contribution in [0.1, 0.15) is 12.8 Å². The van der Waals surface area contributed by atoms with Crippen LogP contribution in [0, 0.1) is 0 Å². The highest BCUT2D eigenvalue weighted by atomic mass is 32.2. The minimum Gasteiger partial charge on any atom is -0.411 e. The fourth-order valence-electron chi connectivity index (χ4n) is 1.39. The Bertz CT molecular complexity index is 208. The molecule has 0 saturated carbocycles. The van der Waals surface area contributed by atoms with Crippen LogP contribution in [-0.2, 0) is 10.8 Å². The summed E-state index contributed by atoms with van der Waals surface area (Å²) in [6.45, 7) is 2.75. The molecule has 1 atom stereocenters. The number of likely N-dealkylation sites (tertiary alicyclic amines) is 1. The molecule has 1 N–H and O–H groups in total. The molecule has 0 spiro atoms. The van der Waals surface area contributed by atoms with Crippen molar-refractivity contribution in [1.82, 2.24) is 4.90 Å². The van der Waals surface area contributed by atoms with Gasteiger partial charge in [0.2, 0.25) is 0 Å². The Morgan fingerprint density at radius 2 is 2.15 bits per heavy atom. The SMILES string of the molecule is CS(=O)CCN1CCC(=NO)CC1. The summed E-state index contributed by atoms with van der Waals surface area (Å²) >= 11 is 0. The van der Waals surface area contributed by atoms with Crippen LogP contribution in [0.15, 0.2) is 5.16 Å². The second kappa shape index (κ2) is 5.34. The molecule has 0 radical (unpaired) electrons. The lowest BCUT2D eigenvalue weighted by molar-refractivity contribution is 0.275. The molecule has 4 nitrogen and oxygen atoms in total. The maximum atomic E-state index is 10.8. The van der Waals surface area contributed by atoms with E-state index in [1.165, 1.54) is 0 Å². The minimum atomic E-state index is -0.699. The lowest BCUT2D eigenvalue weighted by Crippen LogP contribution is -2.36. The first-order valence-corrected chi connectivity index (χ1v) is 6.17. The molecule has 1 rings (SSSR count). The summed E-state index contributed by atoms with van der Waals surface area (Å²) in [5, 5.41) is 11.7. The van der Waals surface area contributed by atoms with Gasteiger partial charge in [-0.3, -0.25) is 4.21 Å². The zero-order valence-electron chi connectivity index (χ0n) is 7.90. The highest BCUT2D eigenvalue weighted by Gasteiger charge is 2.14. The van der Waals surface area contributed by atoms with Gasteiger partial charge in [0.1, 0.15) is 0 Å². The Labute approximate surface area is 81.1 Å². The standard InChI is InChI=1S/C8H16N2O2S/c1-13(12)7-6-10-4-2-8(9-11)3-5-10/h11H,2-7H2,1H3. The second-order valence-corrected chi connectivity index (χ2v) is 4.84. The number of oxime groups is 1. The summed E-state index contributed by atoms with van der Waals surface area (Å²) in [4.78, 5) is 2.26. The highest BCUT2D eigenvalue weighted by Crippen LogP contribution is 2.06. The molecule has 0 aliphatic carbocycles. The maximum Gasteiger partial charge on any atom is 0.0596 e. The van der Waals surface area contributed by atoms with Crippen LogP contribution < -0.4 is 0 Å².